The van der Waals surface area contributed by atoms with Gasteiger partial charge in [0, 0.05) is 0 Å². The highest BCUT2D eigenvalue weighted by atomic mass is 16.3. The summed E-state index contributed by atoms with van der Waals surface area (Å²) in [6.45, 7) is 4.41. The lowest BCUT2D eigenvalue weighted by Gasteiger charge is -2.05. The van der Waals surface area contributed by atoms with Crippen molar-refractivity contribution >= 4 is 0 Å². The summed E-state index contributed by atoms with van der Waals surface area (Å²) >= 11 is 0. The van der Waals surface area contributed by atoms with E-state index in [1.165, 1.54) is 44.9 Å². The Morgan fingerprint density at radius 3 is 2.25 bits per heavy atom. The molecule has 0 rings (SSSR count). The molecule has 0 bridgehead atoms. The van der Waals surface area contributed by atoms with Gasteiger partial charge in [0.1, 0.15) is 0 Å². The summed E-state index contributed by atoms with van der Waals surface area (Å²) < 4.78 is 0. The van der Waals surface area contributed by atoms with Gasteiger partial charge in [-0.25, -0.2) is 0 Å². The van der Waals surface area contributed by atoms with Crippen LogP contribution in [0.3, 0.4) is 0 Å². The van der Waals surface area contributed by atoms with Crippen molar-refractivity contribution in [2.75, 3.05) is 0 Å². The van der Waals surface area contributed by atoms with Crippen molar-refractivity contribution < 1.29 is 5.11 Å². The number of rotatable bonds is 11. The van der Waals surface area contributed by atoms with Gasteiger partial charge in [-0.1, -0.05) is 64.5 Å². The van der Waals surface area contributed by atoms with Gasteiger partial charge >= 0.3 is 0 Å². The fourth-order valence-electron chi connectivity index (χ4n) is 1.79. The largest absolute Gasteiger partial charge is 0.393 e. The Kier molecular flexibility index (Phi) is 12.5. The van der Waals surface area contributed by atoms with Crippen LogP contribution in [0.2, 0.25) is 0 Å². The Morgan fingerprint density at radius 1 is 0.875 bits per heavy atom. The van der Waals surface area contributed by atoms with E-state index in [2.05, 4.69) is 26.0 Å². The first-order valence-electron chi connectivity index (χ1n) is 7.14. The van der Waals surface area contributed by atoms with Crippen LogP contribution in [0.25, 0.3) is 0 Å². The van der Waals surface area contributed by atoms with Crippen LogP contribution in [0.15, 0.2) is 12.2 Å². The summed E-state index contributed by atoms with van der Waals surface area (Å²) in [5.41, 5.74) is 0. The van der Waals surface area contributed by atoms with E-state index in [4.69, 9.17) is 0 Å². The first kappa shape index (κ1) is 15.7. The molecule has 0 aromatic carbocycles. The normalized spacial score (nSPS) is 13.4. The summed E-state index contributed by atoms with van der Waals surface area (Å²) in [7, 11) is 0. The van der Waals surface area contributed by atoms with E-state index >= 15 is 0 Å². The second-order valence-corrected chi connectivity index (χ2v) is 4.71. The Hall–Kier alpha value is -0.300. The molecule has 0 aromatic rings. The predicted molar refractivity (Wildman–Crippen MR) is 72.7 cm³/mol. The van der Waals surface area contributed by atoms with Gasteiger partial charge in [-0.3, -0.25) is 0 Å². The minimum absolute atomic E-state index is 0.115. The second-order valence-electron chi connectivity index (χ2n) is 4.71. The van der Waals surface area contributed by atoms with Crippen molar-refractivity contribution in [3.63, 3.8) is 0 Å². The Bertz CT molecular complexity index is 152. The molecule has 0 saturated carbocycles. The lowest BCUT2D eigenvalue weighted by Crippen LogP contribution is -2.03. The summed E-state index contributed by atoms with van der Waals surface area (Å²) in [4.78, 5) is 0. The van der Waals surface area contributed by atoms with Crippen LogP contribution in [0.4, 0.5) is 0 Å². The van der Waals surface area contributed by atoms with Gasteiger partial charge in [-0.15, -0.1) is 0 Å². The van der Waals surface area contributed by atoms with E-state index in [0.717, 1.165) is 19.3 Å². The molecule has 0 aliphatic heterocycles. The zero-order valence-electron chi connectivity index (χ0n) is 11.3. The Morgan fingerprint density at radius 2 is 1.56 bits per heavy atom. The SMILES string of the molecule is CCCCCCCC=CCC(O)CCCC. The molecule has 0 fully saturated rings. The van der Waals surface area contributed by atoms with Crippen molar-refractivity contribution in [2.24, 2.45) is 0 Å². The lowest BCUT2D eigenvalue weighted by molar-refractivity contribution is 0.164. The van der Waals surface area contributed by atoms with E-state index in [0.29, 0.717) is 0 Å². The molecule has 0 aliphatic rings. The highest BCUT2D eigenvalue weighted by Gasteiger charge is 1.99. The molecule has 0 radical (unpaired) electrons. The minimum atomic E-state index is -0.115. The van der Waals surface area contributed by atoms with E-state index in [-0.39, 0.29) is 6.10 Å². The standard InChI is InChI=1S/C15H30O/c1-3-5-7-8-9-10-11-12-14-15(16)13-6-4-2/h11-12,15-16H,3-10,13-14H2,1-2H3. The zero-order chi connectivity index (χ0) is 12.1. The molecule has 1 N–H and O–H groups in total. The van der Waals surface area contributed by atoms with Gasteiger partial charge in [-0.05, 0) is 25.7 Å². The van der Waals surface area contributed by atoms with Gasteiger partial charge in [0.2, 0.25) is 0 Å². The van der Waals surface area contributed by atoms with Crippen LogP contribution in [-0.2, 0) is 0 Å². The maximum absolute atomic E-state index is 9.60. The Balaban J connectivity index is 3.20. The van der Waals surface area contributed by atoms with Gasteiger partial charge in [0.05, 0.1) is 6.10 Å². The molecule has 1 heteroatoms. The second kappa shape index (κ2) is 12.8. The van der Waals surface area contributed by atoms with Crippen molar-refractivity contribution in [1.82, 2.24) is 0 Å². The number of hydrogen-bond acceptors (Lipinski definition) is 1. The third-order valence-electron chi connectivity index (χ3n) is 2.94. The average Bonchev–Trinajstić information content (AvgIpc) is 2.30. The predicted octanol–water partition coefficient (Wildman–Crippen LogP) is 4.84. The van der Waals surface area contributed by atoms with Gasteiger partial charge in [0.25, 0.3) is 0 Å². The van der Waals surface area contributed by atoms with E-state index in [1.54, 1.807) is 0 Å². The number of hydrogen-bond donors (Lipinski definition) is 1. The third kappa shape index (κ3) is 11.8. The molecule has 0 aromatic heterocycles. The fourth-order valence-corrected chi connectivity index (χ4v) is 1.79. The monoisotopic (exact) mass is 226 g/mol. The van der Waals surface area contributed by atoms with Crippen LogP contribution in [0.5, 0.6) is 0 Å². The number of aliphatic hydroxyl groups excluding tert-OH is 1. The fraction of sp³-hybridized carbons (Fsp3) is 0.867. The van der Waals surface area contributed by atoms with Crippen molar-refractivity contribution in [3.8, 4) is 0 Å². The molecule has 0 spiro atoms. The molecule has 0 heterocycles. The van der Waals surface area contributed by atoms with Crippen molar-refractivity contribution in [2.45, 2.75) is 84.2 Å². The highest BCUT2D eigenvalue weighted by Crippen LogP contribution is 2.07. The minimum Gasteiger partial charge on any atom is -0.393 e. The molecule has 1 unspecified atom stereocenters. The van der Waals surface area contributed by atoms with E-state index in [1.807, 2.05) is 0 Å². The maximum atomic E-state index is 9.60. The smallest absolute Gasteiger partial charge is 0.0574 e. The summed E-state index contributed by atoms with van der Waals surface area (Å²) in [5.74, 6) is 0. The first-order chi connectivity index (χ1) is 7.81. The molecular weight excluding hydrogens is 196 g/mol. The summed E-state index contributed by atoms with van der Waals surface area (Å²) in [5, 5.41) is 9.60. The molecule has 96 valence electrons. The highest BCUT2D eigenvalue weighted by molar-refractivity contribution is 4.83. The topological polar surface area (TPSA) is 20.2 Å². The van der Waals surface area contributed by atoms with Gasteiger partial charge in [0.15, 0.2) is 0 Å². The molecule has 1 nitrogen and oxygen atoms in total. The van der Waals surface area contributed by atoms with E-state index < -0.39 is 0 Å². The quantitative estimate of drug-likeness (QED) is 0.394. The number of allylic oxidation sites excluding steroid dienone is 1. The molecule has 1 atom stereocenters. The summed E-state index contributed by atoms with van der Waals surface area (Å²) in [6, 6.07) is 0. The maximum Gasteiger partial charge on any atom is 0.0574 e. The summed E-state index contributed by atoms with van der Waals surface area (Å²) in [6.07, 6.45) is 16.3. The number of aliphatic hydroxyl groups is 1. The van der Waals surface area contributed by atoms with Crippen LogP contribution in [0, 0.1) is 0 Å². The van der Waals surface area contributed by atoms with Crippen LogP contribution in [-0.4, -0.2) is 11.2 Å². The van der Waals surface area contributed by atoms with Gasteiger partial charge < -0.3 is 5.11 Å². The van der Waals surface area contributed by atoms with Gasteiger partial charge in [-0.2, -0.15) is 0 Å². The molecule has 0 aliphatic carbocycles. The first-order valence-corrected chi connectivity index (χ1v) is 7.14. The number of unbranched alkanes of at least 4 members (excludes halogenated alkanes) is 6. The third-order valence-corrected chi connectivity index (χ3v) is 2.94. The molecule has 0 amide bonds. The average molecular weight is 226 g/mol. The van der Waals surface area contributed by atoms with E-state index in [9.17, 15) is 5.11 Å². The van der Waals surface area contributed by atoms with Crippen molar-refractivity contribution in [3.05, 3.63) is 12.2 Å². The van der Waals surface area contributed by atoms with Crippen LogP contribution >= 0.6 is 0 Å². The molecule has 16 heavy (non-hydrogen) atoms. The van der Waals surface area contributed by atoms with Crippen LogP contribution in [0.1, 0.15) is 78.1 Å². The molecule has 0 saturated heterocycles. The zero-order valence-corrected chi connectivity index (χ0v) is 11.3. The molecular formula is C15H30O. The Labute approximate surface area is 102 Å². The van der Waals surface area contributed by atoms with Crippen LogP contribution < -0.4 is 0 Å². The van der Waals surface area contributed by atoms with Crippen molar-refractivity contribution in [1.29, 1.82) is 0 Å². The lowest BCUT2D eigenvalue weighted by atomic mass is 10.1.